The fourth-order valence-electron chi connectivity index (χ4n) is 8.15. The summed E-state index contributed by atoms with van der Waals surface area (Å²) in [6.07, 6.45) is 3.34. The second-order valence-corrected chi connectivity index (χ2v) is 17.0. The van der Waals surface area contributed by atoms with Gasteiger partial charge in [-0.2, -0.15) is 0 Å². The van der Waals surface area contributed by atoms with Gasteiger partial charge in [-0.05, 0) is 79.9 Å². The van der Waals surface area contributed by atoms with Crippen LogP contribution in [0.5, 0.6) is 5.75 Å². The Kier molecular flexibility index (Phi) is 15.5. The summed E-state index contributed by atoms with van der Waals surface area (Å²) in [5.74, 6) is -2.86. The second kappa shape index (κ2) is 20.2. The number of nitrogens with one attached hydrogen (secondary N) is 2. The van der Waals surface area contributed by atoms with Gasteiger partial charge < -0.3 is 30.1 Å². The molecule has 0 bridgehead atoms. The van der Waals surface area contributed by atoms with Crippen molar-refractivity contribution >= 4 is 41.0 Å². The molecule has 2 heterocycles. The highest BCUT2D eigenvalue weighted by Gasteiger charge is 2.39. The molecule has 3 N–H and O–H groups in total. The van der Waals surface area contributed by atoms with E-state index >= 15 is 0 Å². The first kappa shape index (κ1) is 44.3. The van der Waals surface area contributed by atoms with Crippen molar-refractivity contribution in [3.05, 3.63) is 81.3 Å². The highest BCUT2D eigenvalue weighted by molar-refractivity contribution is 7.09. The van der Waals surface area contributed by atoms with Crippen molar-refractivity contribution < 1.29 is 38.6 Å². The molecule has 0 unspecified atom stereocenters. The Labute approximate surface area is 345 Å². The van der Waals surface area contributed by atoms with Crippen molar-refractivity contribution in [3.63, 3.8) is 0 Å². The highest BCUT2D eigenvalue weighted by atomic mass is 32.1. The number of esters is 1. The molecule has 3 aromatic rings. The Morgan fingerprint density at radius 2 is 1.81 bits per heavy atom. The van der Waals surface area contributed by atoms with Crippen LogP contribution in [-0.4, -0.2) is 94.4 Å². The minimum atomic E-state index is -0.984. The molecule has 314 valence electrons. The van der Waals surface area contributed by atoms with Crippen LogP contribution in [-0.2, 0) is 36.9 Å². The van der Waals surface area contributed by atoms with Gasteiger partial charge in [0.25, 0.3) is 5.91 Å². The number of aliphatic carboxylic acids is 1. The number of likely N-dealkylation sites (N-methyl/N-ethyl adjacent to an activating group) is 1. The van der Waals surface area contributed by atoms with E-state index in [1.807, 2.05) is 76.0 Å². The number of carboxylic acid groups (broad SMARTS) is 1. The molecule has 0 spiro atoms. The normalized spacial score (nSPS) is 20.2. The zero-order valence-electron chi connectivity index (χ0n) is 34.7. The number of ether oxygens (including phenoxy) is 2. The molecule has 2 aliphatic rings. The lowest BCUT2D eigenvalue weighted by Gasteiger charge is -2.40. The molecule has 0 radical (unpaired) electrons. The largest absolute Gasteiger partial charge is 0.497 e. The monoisotopic (exact) mass is 817 g/mol. The van der Waals surface area contributed by atoms with E-state index in [0.717, 1.165) is 36.9 Å². The van der Waals surface area contributed by atoms with Gasteiger partial charge in [0.15, 0.2) is 6.10 Å². The fraction of sp³-hybridized carbons (Fsp3) is 0.545. The quantitative estimate of drug-likeness (QED) is 0.135. The smallest absolute Gasteiger partial charge is 0.311 e. The number of aromatic nitrogens is 1. The zero-order chi connectivity index (χ0) is 42.1. The molecule has 1 aromatic heterocycles. The van der Waals surface area contributed by atoms with Gasteiger partial charge in [0.05, 0.1) is 19.1 Å². The SMILES string of the molecule is CC[C@H](C)[C@H](NC(=O)[C@H]1CCCCN1C)C(=O)N(Cc1ccccc1)[C@H](C[C@@H](OC(C)=O)c1nc(C(=O)N[C@H]2Cc3ccc(OC)cc3[C@H](C(=O)O)C2)cs1)C(C)C. The number of hydrogen-bond donors (Lipinski definition) is 3. The molecule has 58 heavy (non-hydrogen) atoms. The molecule has 1 aliphatic heterocycles. The average molecular weight is 818 g/mol. The summed E-state index contributed by atoms with van der Waals surface area (Å²) >= 11 is 1.18. The van der Waals surface area contributed by atoms with Crippen molar-refractivity contribution in [1.29, 1.82) is 0 Å². The van der Waals surface area contributed by atoms with Gasteiger partial charge in [0, 0.05) is 37.4 Å². The number of benzene rings is 2. The standard InChI is InChI=1S/C44H59N5O8S/c1-8-27(4)39(47-41(52)36-16-12-13-19-48(36)6)43(53)49(24-29-14-10-9-11-15-29)37(26(2)3)23-38(57-28(5)50)42-46-35(25-58-42)40(51)45-31-20-30-17-18-32(56-7)22-33(30)34(21-31)44(54)55/h9-11,14-15,17-18,22,25-27,31,34,36-39H,8,12-13,16,19-21,23-24H2,1-7H3,(H,45,51)(H,47,52)(H,54,55)/t27-,31-,34+,36+,37+,38+,39-/m0/s1. The minimum Gasteiger partial charge on any atom is -0.497 e. The molecule has 1 aliphatic carbocycles. The maximum atomic E-state index is 15.0. The third kappa shape index (κ3) is 11.0. The van der Waals surface area contributed by atoms with Crippen LogP contribution in [0.15, 0.2) is 53.9 Å². The number of piperidine rings is 1. The van der Waals surface area contributed by atoms with Gasteiger partial charge in [-0.15, -0.1) is 11.3 Å². The van der Waals surface area contributed by atoms with Gasteiger partial charge in [-0.3, -0.25) is 28.9 Å². The van der Waals surface area contributed by atoms with Gasteiger partial charge >= 0.3 is 11.9 Å². The van der Waals surface area contributed by atoms with Gasteiger partial charge in [0.2, 0.25) is 11.8 Å². The summed E-state index contributed by atoms with van der Waals surface area (Å²) in [6.45, 7) is 10.4. The van der Waals surface area contributed by atoms with E-state index in [4.69, 9.17) is 9.47 Å². The third-order valence-electron chi connectivity index (χ3n) is 11.6. The fourth-order valence-corrected chi connectivity index (χ4v) is 8.99. The Hall–Kier alpha value is -4.82. The molecule has 1 fully saturated rings. The lowest BCUT2D eigenvalue weighted by atomic mass is 9.80. The van der Waals surface area contributed by atoms with E-state index in [1.165, 1.54) is 25.4 Å². The van der Waals surface area contributed by atoms with Crippen LogP contribution in [0.25, 0.3) is 0 Å². The van der Waals surface area contributed by atoms with Gasteiger partial charge in [-0.1, -0.05) is 76.9 Å². The van der Waals surface area contributed by atoms with E-state index < -0.39 is 48.0 Å². The van der Waals surface area contributed by atoms with Crippen LogP contribution in [0.3, 0.4) is 0 Å². The number of thiazole rings is 1. The number of amides is 3. The first-order valence-corrected chi connectivity index (χ1v) is 21.3. The van der Waals surface area contributed by atoms with Crippen LogP contribution in [0.2, 0.25) is 0 Å². The first-order chi connectivity index (χ1) is 27.7. The summed E-state index contributed by atoms with van der Waals surface area (Å²) in [5, 5.41) is 18.2. The van der Waals surface area contributed by atoms with Crippen LogP contribution in [0.1, 0.15) is 117 Å². The Morgan fingerprint density at radius 1 is 1.07 bits per heavy atom. The first-order valence-electron chi connectivity index (χ1n) is 20.4. The summed E-state index contributed by atoms with van der Waals surface area (Å²) in [4.78, 5) is 75.8. The predicted octanol–water partition coefficient (Wildman–Crippen LogP) is 6.13. The second-order valence-electron chi connectivity index (χ2n) is 16.1. The lowest BCUT2D eigenvalue weighted by molar-refractivity contribution is -0.150. The lowest BCUT2D eigenvalue weighted by Crippen LogP contribution is -2.58. The number of methoxy groups -OCH3 is 1. The number of hydrogen-bond acceptors (Lipinski definition) is 10. The Morgan fingerprint density at radius 3 is 2.45 bits per heavy atom. The molecule has 13 nitrogen and oxygen atoms in total. The number of nitrogens with zero attached hydrogens (tertiary/aromatic N) is 3. The Balaban J connectivity index is 1.40. The molecular weight excluding hydrogens is 759 g/mol. The van der Waals surface area contributed by atoms with Crippen LogP contribution in [0, 0.1) is 11.8 Å². The molecule has 5 rings (SSSR count). The molecule has 14 heteroatoms. The van der Waals surface area contributed by atoms with E-state index in [-0.39, 0.29) is 54.8 Å². The van der Waals surface area contributed by atoms with Crippen molar-refractivity contribution in [2.75, 3.05) is 20.7 Å². The topological polar surface area (TPSA) is 167 Å². The molecule has 2 aromatic carbocycles. The van der Waals surface area contributed by atoms with Crippen molar-refractivity contribution in [2.24, 2.45) is 11.8 Å². The summed E-state index contributed by atoms with van der Waals surface area (Å²) in [5.41, 5.74) is 2.53. The maximum absolute atomic E-state index is 15.0. The molecular formula is C44H59N5O8S. The van der Waals surface area contributed by atoms with Crippen LogP contribution < -0.4 is 15.4 Å². The highest BCUT2D eigenvalue weighted by Crippen LogP contribution is 2.36. The van der Waals surface area contributed by atoms with Crippen LogP contribution >= 0.6 is 11.3 Å². The number of fused-ring (bicyclic) bond motifs is 1. The third-order valence-corrected chi connectivity index (χ3v) is 12.6. The minimum absolute atomic E-state index is 0.109. The molecule has 0 saturated carbocycles. The van der Waals surface area contributed by atoms with Crippen molar-refractivity contribution in [2.45, 2.75) is 122 Å². The van der Waals surface area contributed by atoms with Gasteiger partial charge in [0.1, 0.15) is 22.5 Å². The van der Waals surface area contributed by atoms with Crippen molar-refractivity contribution in [3.8, 4) is 5.75 Å². The number of likely N-dealkylation sites (tertiary alicyclic amines) is 1. The summed E-state index contributed by atoms with van der Waals surface area (Å²) in [6, 6.07) is 13.0. The molecule has 7 atom stereocenters. The summed E-state index contributed by atoms with van der Waals surface area (Å²) < 4.78 is 11.2. The molecule has 3 amide bonds. The van der Waals surface area contributed by atoms with E-state index in [9.17, 15) is 29.1 Å². The van der Waals surface area contributed by atoms with Crippen molar-refractivity contribution in [1.82, 2.24) is 25.4 Å². The zero-order valence-corrected chi connectivity index (χ0v) is 35.6. The maximum Gasteiger partial charge on any atom is 0.311 e. The van der Waals surface area contributed by atoms with E-state index in [0.29, 0.717) is 29.2 Å². The number of carbonyl (C=O) groups is 5. The number of carboxylic acids is 1. The number of carbonyl (C=O) groups excluding carboxylic acids is 4. The van der Waals surface area contributed by atoms with Crippen LogP contribution in [0.4, 0.5) is 0 Å². The molecule has 1 saturated heterocycles. The average Bonchev–Trinajstić information content (AvgIpc) is 3.71. The summed E-state index contributed by atoms with van der Waals surface area (Å²) in [7, 11) is 3.48. The Bertz CT molecular complexity index is 1900. The van der Waals surface area contributed by atoms with E-state index in [2.05, 4.69) is 20.5 Å². The predicted molar refractivity (Wildman–Crippen MR) is 221 cm³/mol. The van der Waals surface area contributed by atoms with Gasteiger partial charge in [-0.25, -0.2) is 4.98 Å². The van der Waals surface area contributed by atoms with E-state index in [1.54, 1.807) is 17.5 Å². The number of rotatable bonds is 17.